The van der Waals surface area contributed by atoms with Crippen LogP contribution in [0.4, 0.5) is 0 Å². The molecule has 1 aromatic heterocycles. The number of hydrogen-bond donors (Lipinski definition) is 0. The first kappa shape index (κ1) is 19.4. The minimum absolute atomic E-state index is 0.0458. The van der Waals surface area contributed by atoms with E-state index in [1.54, 1.807) is 36.1 Å². The smallest absolute Gasteiger partial charge is 0.232 e. The zero-order valence-electron chi connectivity index (χ0n) is 15.6. The van der Waals surface area contributed by atoms with Crippen molar-refractivity contribution >= 4 is 27.5 Å². The van der Waals surface area contributed by atoms with Crippen LogP contribution in [0.1, 0.15) is 30.1 Å². The number of halogens is 1. The molecular weight excluding hydrogens is 404 g/mol. The van der Waals surface area contributed by atoms with Crippen molar-refractivity contribution in [2.45, 2.75) is 25.5 Å². The SMILES string of the molecule is CC(=O)N1CC(c2nc(C)no2)C2(C1)CN(S(=O)(=O)Cc1ccccc1Cl)C2. The van der Waals surface area contributed by atoms with Crippen LogP contribution in [0.2, 0.25) is 5.02 Å². The zero-order valence-corrected chi connectivity index (χ0v) is 17.2. The fourth-order valence-corrected chi connectivity index (χ4v) is 6.10. The molecular formula is C18H21ClN4O4S. The predicted octanol–water partition coefficient (Wildman–Crippen LogP) is 1.81. The predicted molar refractivity (Wildman–Crippen MR) is 102 cm³/mol. The van der Waals surface area contributed by atoms with Crippen LogP contribution in [0.5, 0.6) is 0 Å². The van der Waals surface area contributed by atoms with E-state index in [0.29, 0.717) is 48.5 Å². The molecule has 1 unspecified atom stereocenters. The van der Waals surface area contributed by atoms with Gasteiger partial charge in [-0.15, -0.1) is 0 Å². The molecule has 150 valence electrons. The van der Waals surface area contributed by atoms with Gasteiger partial charge in [0.1, 0.15) is 0 Å². The third kappa shape index (κ3) is 3.31. The fourth-order valence-electron chi connectivity index (χ4n) is 4.08. The molecule has 4 rings (SSSR count). The van der Waals surface area contributed by atoms with Gasteiger partial charge in [-0.3, -0.25) is 4.79 Å². The second kappa shape index (κ2) is 6.82. The number of amides is 1. The molecule has 3 heterocycles. The van der Waals surface area contributed by atoms with Crippen molar-refractivity contribution in [3.63, 3.8) is 0 Å². The van der Waals surface area contributed by atoms with Gasteiger partial charge in [-0.05, 0) is 18.6 Å². The summed E-state index contributed by atoms with van der Waals surface area (Å²) in [5, 5.41) is 4.29. The number of benzene rings is 1. The molecule has 28 heavy (non-hydrogen) atoms. The van der Waals surface area contributed by atoms with Crippen molar-refractivity contribution in [2.75, 3.05) is 26.2 Å². The Morgan fingerprint density at radius 1 is 1.32 bits per heavy atom. The maximum Gasteiger partial charge on any atom is 0.232 e. The lowest BCUT2D eigenvalue weighted by Crippen LogP contribution is -2.61. The molecule has 2 aliphatic heterocycles. The molecule has 2 aliphatic rings. The minimum atomic E-state index is -3.52. The molecule has 1 spiro atoms. The summed E-state index contributed by atoms with van der Waals surface area (Å²) in [6, 6.07) is 6.93. The standard InChI is InChI=1S/C18H21ClN4O4S/c1-12-20-17(27-21-12)15-7-22(13(2)24)9-18(15)10-23(11-18)28(25,26)8-14-5-3-4-6-16(14)19/h3-6,15H,7-11H2,1-2H3. The number of sulfonamides is 1. The van der Waals surface area contributed by atoms with E-state index in [1.807, 2.05) is 0 Å². The van der Waals surface area contributed by atoms with E-state index in [2.05, 4.69) is 10.1 Å². The molecule has 1 aromatic carbocycles. The van der Waals surface area contributed by atoms with E-state index < -0.39 is 15.4 Å². The number of likely N-dealkylation sites (tertiary alicyclic amines) is 1. The molecule has 1 amide bonds. The van der Waals surface area contributed by atoms with E-state index in [9.17, 15) is 13.2 Å². The molecule has 10 heteroatoms. The number of carbonyl (C=O) groups excluding carboxylic acids is 1. The number of rotatable bonds is 4. The summed E-state index contributed by atoms with van der Waals surface area (Å²) in [6.45, 7) is 4.81. The van der Waals surface area contributed by atoms with Gasteiger partial charge in [0.05, 0.1) is 11.7 Å². The van der Waals surface area contributed by atoms with Crippen LogP contribution in [0, 0.1) is 12.3 Å². The molecule has 8 nitrogen and oxygen atoms in total. The normalized spacial score (nSPS) is 21.8. The molecule has 2 aromatic rings. The first-order chi connectivity index (χ1) is 13.2. The average molecular weight is 425 g/mol. The number of nitrogens with zero attached hydrogens (tertiary/aromatic N) is 4. The van der Waals surface area contributed by atoms with Crippen molar-refractivity contribution in [3.05, 3.63) is 46.6 Å². The van der Waals surface area contributed by atoms with Gasteiger partial charge >= 0.3 is 0 Å². The highest BCUT2D eigenvalue weighted by Crippen LogP contribution is 2.49. The van der Waals surface area contributed by atoms with Crippen LogP contribution in [-0.2, 0) is 20.6 Å². The second-order valence-corrected chi connectivity index (χ2v) is 9.99. The highest BCUT2D eigenvalue weighted by molar-refractivity contribution is 7.88. The van der Waals surface area contributed by atoms with Gasteiger partial charge in [-0.25, -0.2) is 12.7 Å². The van der Waals surface area contributed by atoms with Gasteiger partial charge in [-0.2, -0.15) is 4.98 Å². The summed E-state index contributed by atoms with van der Waals surface area (Å²) >= 11 is 6.12. The summed E-state index contributed by atoms with van der Waals surface area (Å²) in [6.07, 6.45) is 0. The quantitative estimate of drug-likeness (QED) is 0.742. The second-order valence-electron chi connectivity index (χ2n) is 7.61. The molecule has 2 fully saturated rings. The Bertz CT molecular complexity index is 1020. The van der Waals surface area contributed by atoms with E-state index >= 15 is 0 Å². The lowest BCUT2D eigenvalue weighted by Gasteiger charge is -2.48. The van der Waals surface area contributed by atoms with Crippen LogP contribution in [0.15, 0.2) is 28.8 Å². The Labute approximate surface area is 168 Å². The molecule has 2 saturated heterocycles. The van der Waals surface area contributed by atoms with E-state index in [-0.39, 0.29) is 17.6 Å². The highest BCUT2D eigenvalue weighted by Gasteiger charge is 2.59. The third-order valence-corrected chi connectivity index (χ3v) is 7.70. The zero-order chi connectivity index (χ0) is 20.1. The first-order valence-corrected chi connectivity index (χ1v) is 11.0. The van der Waals surface area contributed by atoms with Gasteiger partial charge in [0, 0.05) is 43.5 Å². The highest BCUT2D eigenvalue weighted by atomic mass is 35.5. The van der Waals surface area contributed by atoms with Crippen molar-refractivity contribution in [1.82, 2.24) is 19.3 Å². The molecule has 0 bridgehead atoms. The van der Waals surface area contributed by atoms with Gasteiger partial charge in [-0.1, -0.05) is 35.0 Å². The van der Waals surface area contributed by atoms with Crippen LogP contribution < -0.4 is 0 Å². The number of aromatic nitrogens is 2. The molecule has 0 N–H and O–H groups in total. The van der Waals surface area contributed by atoms with Crippen LogP contribution in [0.25, 0.3) is 0 Å². The average Bonchev–Trinajstić information content (AvgIpc) is 3.19. The van der Waals surface area contributed by atoms with E-state index in [1.165, 1.54) is 11.2 Å². The Kier molecular flexibility index (Phi) is 4.71. The third-order valence-electron chi connectivity index (χ3n) is 5.61. The van der Waals surface area contributed by atoms with Crippen molar-refractivity contribution in [1.29, 1.82) is 0 Å². The number of aryl methyl sites for hydroxylation is 1. The lowest BCUT2D eigenvalue weighted by atomic mass is 9.73. The summed E-state index contributed by atoms with van der Waals surface area (Å²) < 4.78 is 32.6. The number of hydrogen-bond acceptors (Lipinski definition) is 6. The van der Waals surface area contributed by atoms with Crippen LogP contribution >= 0.6 is 11.6 Å². The van der Waals surface area contributed by atoms with Crippen molar-refractivity contribution in [2.24, 2.45) is 5.41 Å². The van der Waals surface area contributed by atoms with Crippen molar-refractivity contribution < 1.29 is 17.7 Å². The Morgan fingerprint density at radius 2 is 2.04 bits per heavy atom. The Balaban J connectivity index is 1.55. The maximum absolute atomic E-state index is 12.9. The Morgan fingerprint density at radius 3 is 2.64 bits per heavy atom. The molecule has 0 radical (unpaired) electrons. The van der Waals surface area contributed by atoms with Gasteiger partial charge in [0.25, 0.3) is 0 Å². The van der Waals surface area contributed by atoms with Crippen molar-refractivity contribution in [3.8, 4) is 0 Å². The van der Waals surface area contributed by atoms with Gasteiger partial charge in [0.15, 0.2) is 5.82 Å². The van der Waals surface area contributed by atoms with E-state index in [4.69, 9.17) is 16.1 Å². The van der Waals surface area contributed by atoms with Gasteiger partial charge in [0.2, 0.25) is 21.8 Å². The monoisotopic (exact) mass is 424 g/mol. The number of carbonyl (C=O) groups is 1. The molecule has 0 aliphatic carbocycles. The molecule has 1 atom stereocenters. The lowest BCUT2D eigenvalue weighted by molar-refractivity contribution is -0.128. The van der Waals surface area contributed by atoms with Gasteiger partial charge < -0.3 is 9.42 Å². The molecule has 0 saturated carbocycles. The maximum atomic E-state index is 12.9. The van der Waals surface area contributed by atoms with Crippen LogP contribution in [-0.4, -0.2) is 59.8 Å². The summed E-state index contributed by atoms with van der Waals surface area (Å²) in [5.74, 6) is 0.613. The summed E-state index contributed by atoms with van der Waals surface area (Å²) in [4.78, 5) is 18.0. The van der Waals surface area contributed by atoms with E-state index in [0.717, 1.165) is 0 Å². The Hall–Kier alpha value is -1.97. The topological polar surface area (TPSA) is 96.6 Å². The van der Waals surface area contributed by atoms with Crippen LogP contribution in [0.3, 0.4) is 0 Å². The first-order valence-electron chi connectivity index (χ1n) is 8.97. The minimum Gasteiger partial charge on any atom is -0.341 e. The summed E-state index contributed by atoms with van der Waals surface area (Å²) in [7, 11) is -3.52. The fraction of sp³-hybridized carbons (Fsp3) is 0.500. The largest absolute Gasteiger partial charge is 0.341 e. The summed E-state index contributed by atoms with van der Waals surface area (Å²) in [5.41, 5.74) is 0.170.